The van der Waals surface area contributed by atoms with Crippen LogP contribution < -0.4 is 10.2 Å². The highest BCUT2D eigenvalue weighted by atomic mass is 16.5. The molecule has 2 fully saturated rings. The molecule has 2 aliphatic rings. The van der Waals surface area contributed by atoms with Crippen LogP contribution in [-0.2, 0) is 6.54 Å². The maximum atomic E-state index is 13.4. The van der Waals surface area contributed by atoms with E-state index in [2.05, 4.69) is 27.5 Å². The SMILES string of the molecule is Cc1ccc(NC(=O)N(Cc2c(-c3ccccc3)noc2N2CCCCC2)CC2CC2)cc1. The molecule has 1 N–H and O–H groups in total. The molecule has 5 rings (SSSR count). The summed E-state index contributed by atoms with van der Waals surface area (Å²) in [5, 5.41) is 7.58. The lowest BCUT2D eigenvalue weighted by molar-refractivity contribution is 0.206. The summed E-state index contributed by atoms with van der Waals surface area (Å²) < 4.78 is 5.94. The molecule has 1 aliphatic heterocycles. The number of carbonyl (C=O) groups is 1. The van der Waals surface area contributed by atoms with E-state index in [0.717, 1.165) is 60.9 Å². The van der Waals surface area contributed by atoms with Gasteiger partial charge in [-0.2, -0.15) is 0 Å². The number of aryl methyl sites for hydroxylation is 1. The Bertz CT molecular complexity index is 1070. The van der Waals surface area contributed by atoms with E-state index in [1.165, 1.54) is 24.8 Å². The summed E-state index contributed by atoms with van der Waals surface area (Å²) in [5.41, 5.74) is 4.84. The second-order valence-corrected chi connectivity index (χ2v) is 9.35. The van der Waals surface area contributed by atoms with Gasteiger partial charge in [0.15, 0.2) is 0 Å². The average Bonchev–Trinajstić information content (AvgIpc) is 3.58. The monoisotopic (exact) mass is 444 g/mol. The average molecular weight is 445 g/mol. The van der Waals surface area contributed by atoms with Crippen molar-refractivity contribution in [2.75, 3.05) is 29.9 Å². The third-order valence-electron chi connectivity index (χ3n) is 6.57. The fourth-order valence-corrected chi connectivity index (χ4v) is 4.47. The van der Waals surface area contributed by atoms with E-state index in [0.29, 0.717) is 12.5 Å². The number of rotatable bonds is 7. The quantitative estimate of drug-likeness (QED) is 0.479. The van der Waals surface area contributed by atoms with E-state index < -0.39 is 0 Å². The van der Waals surface area contributed by atoms with Crippen molar-refractivity contribution < 1.29 is 9.32 Å². The number of anilines is 2. The third-order valence-corrected chi connectivity index (χ3v) is 6.57. The summed E-state index contributed by atoms with van der Waals surface area (Å²) in [4.78, 5) is 17.6. The molecule has 3 aromatic rings. The van der Waals surface area contributed by atoms with Gasteiger partial charge in [-0.15, -0.1) is 0 Å². The molecule has 2 aromatic carbocycles. The second kappa shape index (κ2) is 9.69. The van der Waals surface area contributed by atoms with Crippen LogP contribution in [0, 0.1) is 12.8 Å². The smallest absolute Gasteiger partial charge is 0.322 e. The van der Waals surface area contributed by atoms with Crippen LogP contribution >= 0.6 is 0 Å². The molecule has 1 saturated heterocycles. The Hall–Kier alpha value is -3.28. The maximum absolute atomic E-state index is 13.4. The van der Waals surface area contributed by atoms with Crippen molar-refractivity contribution in [1.82, 2.24) is 10.1 Å². The van der Waals surface area contributed by atoms with E-state index in [-0.39, 0.29) is 6.03 Å². The fourth-order valence-electron chi connectivity index (χ4n) is 4.47. The molecule has 6 heteroatoms. The fraction of sp³-hybridized carbons (Fsp3) is 0.407. The lowest BCUT2D eigenvalue weighted by Gasteiger charge is -2.28. The Labute approximate surface area is 195 Å². The first-order chi connectivity index (χ1) is 16.2. The zero-order valence-corrected chi connectivity index (χ0v) is 19.3. The van der Waals surface area contributed by atoms with Crippen molar-refractivity contribution in [3.8, 4) is 11.3 Å². The summed E-state index contributed by atoms with van der Waals surface area (Å²) >= 11 is 0. The van der Waals surface area contributed by atoms with E-state index in [1.54, 1.807) is 0 Å². The number of aromatic nitrogens is 1. The Kier molecular flexibility index (Phi) is 6.33. The van der Waals surface area contributed by atoms with E-state index >= 15 is 0 Å². The van der Waals surface area contributed by atoms with Crippen LogP contribution in [0.2, 0.25) is 0 Å². The van der Waals surface area contributed by atoms with Crippen LogP contribution in [0.4, 0.5) is 16.4 Å². The lowest BCUT2D eigenvalue weighted by atomic mass is 10.1. The van der Waals surface area contributed by atoms with Gasteiger partial charge in [-0.1, -0.05) is 53.2 Å². The zero-order chi connectivity index (χ0) is 22.6. The van der Waals surface area contributed by atoms with Gasteiger partial charge in [-0.25, -0.2) is 4.79 Å². The number of piperidine rings is 1. The topological polar surface area (TPSA) is 61.6 Å². The van der Waals surface area contributed by atoms with Crippen molar-refractivity contribution >= 4 is 17.6 Å². The molecule has 2 amide bonds. The number of urea groups is 1. The van der Waals surface area contributed by atoms with Gasteiger partial charge < -0.3 is 19.6 Å². The highest BCUT2D eigenvalue weighted by Gasteiger charge is 2.31. The summed E-state index contributed by atoms with van der Waals surface area (Å²) in [6.07, 6.45) is 5.92. The van der Waals surface area contributed by atoms with Crippen LogP contribution in [0.3, 0.4) is 0 Å². The molecule has 1 aromatic heterocycles. The van der Waals surface area contributed by atoms with Gasteiger partial charge in [0, 0.05) is 30.9 Å². The molecular weight excluding hydrogens is 412 g/mol. The normalized spacial score (nSPS) is 16.0. The van der Waals surface area contributed by atoms with Crippen molar-refractivity contribution in [3.63, 3.8) is 0 Å². The summed E-state index contributed by atoms with van der Waals surface area (Å²) in [7, 11) is 0. The maximum Gasteiger partial charge on any atom is 0.322 e. The first kappa shape index (κ1) is 21.6. The molecule has 0 spiro atoms. The zero-order valence-electron chi connectivity index (χ0n) is 19.3. The molecule has 1 saturated carbocycles. The molecule has 6 nitrogen and oxygen atoms in total. The van der Waals surface area contributed by atoms with Crippen molar-refractivity contribution in [2.24, 2.45) is 5.92 Å². The summed E-state index contributed by atoms with van der Waals surface area (Å²) in [6.45, 7) is 5.21. The summed E-state index contributed by atoms with van der Waals surface area (Å²) in [6, 6.07) is 18.0. The number of carbonyl (C=O) groups excluding carboxylic acids is 1. The molecule has 1 aliphatic carbocycles. The Morgan fingerprint density at radius 1 is 1.06 bits per heavy atom. The van der Waals surface area contributed by atoms with Gasteiger partial charge in [0.2, 0.25) is 5.88 Å². The standard InChI is InChI=1S/C27H32N4O2/c1-20-10-14-23(15-11-20)28-27(32)31(18-21-12-13-21)19-24-25(22-8-4-2-5-9-22)29-33-26(24)30-16-6-3-7-17-30/h2,4-5,8-11,14-15,21H,3,6-7,12-13,16-19H2,1H3,(H,28,32). The van der Waals surface area contributed by atoms with Gasteiger partial charge in [0.1, 0.15) is 5.69 Å². The largest absolute Gasteiger partial charge is 0.340 e. The van der Waals surface area contributed by atoms with Crippen LogP contribution in [0.25, 0.3) is 11.3 Å². The van der Waals surface area contributed by atoms with Gasteiger partial charge in [0.25, 0.3) is 0 Å². The van der Waals surface area contributed by atoms with Crippen LogP contribution in [-0.4, -0.2) is 35.7 Å². The van der Waals surface area contributed by atoms with Crippen molar-refractivity contribution in [1.29, 1.82) is 0 Å². The molecule has 2 heterocycles. The van der Waals surface area contributed by atoms with Crippen LogP contribution in [0.1, 0.15) is 43.2 Å². The minimum atomic E-state index is -0.0736. The predicted octanol–water partition coefficient (Wildman–Crippen LogP) is 6.08. The predicted molar refractivity (Wildman–Crippen MR) is 131 cm³/mol. The molecular formula is C27H32N4O2. The minimum Gasteiger partial charge on any atom is -0.340 e. The van der Waals surface area contributed by atoms with Crippen LogP contribution in [0.5, 0.6) is 0 Å². The van der Waals surface area contributed by atoms with Gasteiger partial charge >= 0.3 is 6.03 Å². The van der Waals surface area contributed by atoms with E-state index in [9.17, 15) is 4.79 Å². The Morgan fingerprint density at radius 2 is 1.79 bits per heavy atom. The number of benzene rings is 2. The third kappa shape index (κ3) is 5.21. The van der Waals surface area contributed by atoms with E-state index in [4.69, 9.17) is 4.52 Å². The molecule has 0 atom stereocenters. The van der Waals surface area contributed by atoms with E-state index in [1.807, 2.05) is 54.3 Å². The van der Waals surface area contributed by atoms with Crippen molar-refractivity contribution in [2.45, 2.75) is 45.6 Å². The number of nitrogens with zero attached hydrogens (tertiary/aromatic N) is 3. The van der Waals surface area contributed by atoms with Crippen molar-refractivity contribution in [3.05, 3.63) is 65.7 Å². The molecule has 33 heavy (non-hydrogen) atoms. The number of amides is 2. The second-order valence-electron chi connectivity index (χ2n) is 9.35. The first-order valence-electron chi connectivity index (χ1n) is 12.1. The highest BCUT2D eigenvalue weighted by Crippen LogP contribution is 2.36. The molecule has 0 unspecified atom stereocenters. The molecule has 0 radical (unpaired) electrons. The Balaban J connectivity index is 1.45. The number of hydrogen-bond donors (Lipinski definition) is 1. The molecule has 0 bridgehead atoms. The van der Waals surface area contributed by atoms with Gasteiger partial charge in [-0.3, -0.25) is 0 Å². The van der Waals surface area contributed by atoms with Gasteiger partial charge in [-0.05, 0) is 57.1 Å². The Morgan fingerprint density at radius 3 is 2.48 bits per heavy atom. The molecule has 172 valence electrons. The minimum absolute atomic E-state index is 0.0736. The van der Waals surface area contributed by atoms with Gasteiger partial charge in [0.05, 0.1) is 12.1 Å². The van der Waals surface area contributed by atoms with Crippen LogP contribution in [0.15, 0.2) is 59.1 Å². The lowest BCUT2D eigenvalue weighted by Crippen LogP contribution is -2.37. The highest BCUT2D eigenvalue weighted by molar-refractivity contribution is 5.89. The number of hydrogen-bond acceptors (Lipinski definition) is 4. The first-order valence-corrected chi connectivity index (χ1v) is 12.1. The number of nitrogens with one attached hydrogen (secondary N) is 1. The summed E-state index contributed by atoms with van der Waals surface area (Å²) in [5.74, 6) is 1.39.